The zero-order valence-corrected chi connectivity index (χ0v) is 12.6. The number of aryl methyl sites for hydroxylation is 1. The first kappa shape index (κ1) is 16.4. The second-order valence-electron chi connectivity index (χ2n) is 4.91. The Kier molecular flexibility index (Phi) is 5.62. The molecule has 0 saturated heterocycles. The fourth-order valence-corrected chi connectivity index (χ4v) is 1.78. The van der Waals surface area contributed by atoms with E-state index in [1.807, 2.05) is 13.0 Å². The Balaban J connectivity index is 1.70. The average molecular weight is 316 g/mol. The van der Waals surface area contributed by atoms with Gasteiger partial charge >= 0.3 is 6.03 Å². The summed E-state index contributed by atoms with van der Waals surface area (Å²) in [5.41, 5.74) is 1.34. The number of anilines is 2. The number of hydrogen-bond donors (Lipinski definition) is 3. The Labute approximate surface area is 133 Å². The lowest BCUT2D eigenvalue weighted by atomic mass is 10.3. The number of pyridine rings is 1. The number of hydrogen-bond acceptors (Lipinski definition) is 3. The number of amides is 3. The summed E-state index contributed by atoms with van der Waals surface area (Å²) in [6, 6.07) is 8.59. The molecule has 1 aromatic heterocycles. The van der Waals surface area contributed by atoms with Crippen molar-refractivity contribution in [2.75, 3.05) is 17.2 Å². The number of nitrogens with one attached hydrogen (secondary N) is 3. The van der Waals surface area contributed by atoms with Crippen LogP contribution in [0.25, 0.3) is 0 Å². The second-order valence-corrected chi connectivity index (χ2v) is 4.91. The van der Waals surface area contributed by atoms with Crippen molar-refractivity contribution in [3.63, 3.8) is 0 Å². The molecular weight excluding hydrogens is 299 g/mol. The van der Waals surface area contributed by atoms with Gasteiger partial charge in [-0.25, -0.2) is 14.2 Å². The molecule has 1 heterocycles. The molecule has 0 aliphatic rings. The molecule has 3 amide bonds. The van der Waals surface area contributed by atoms with Gasteiger partial charge in [-0.2, -0.15) is 0 Å². The van der Waals surface area contributed by atoms with E-state index >= 15 is 0 Å². The molecule has 0 radical (unpaired) electrons. The van der Waals surface area contributed by atoms with E-state index in [9.17, 15) is 14.0 Å². The molecule has 7 heteroatoms. The Morgan fingerprint density at radius 3 is 2.70 bits per heavy atom. The van der Waals surface area contributed by atoms with E-state index in [2.05, 4.69) is 20.9 Å². The van der Waals surface area contributed by atoms with E-state index in [1.54, 1.807) is 18.3 Å². The van der Waals surface area contributed by atoms with Crippen LogP contribution in [0.4, 0.5) is 20.7 Å². The molecule has 23 heavy (non-hydrogen) atoms. The first-order valence-corrected chi connectivity index (χ1v) is 7.06. The molecule has 0 aliphatic heterocycles. The molecule has 0 fully saturated rings. The van der Waals surface area contributed by atoms with Crippen molar-refractivity contribution in [1.29, 1.82) is 0 Å². The summed E-state index contributed by atoms with van der Waals surface area (Å²) >= 11 is 0. The molecule has 120 valence electrons. The van der Waals surface area contributed by atoms with Crippen molar-refractivity contribution in [1.82, 2.24) is 10.3 Å². The molecule has 0 atom stereocenters. The summed E-state index contributed by atoms with van der Waals surface area (Å²) in [5, 5.41) is 7.63. The zero-order chi connectivity index (χ0) is 16.7. The van der Waals surface area contributed by atoms with Gasteiger partial charge in [-0.05, 0) is 36.8 Å². The fourth-order valence-electron chi connectivity index (χ4n) is 1.78. The minimum absolute atomic E-state index is 0.103. The molecule has 0 spiro atoms. The van der Waals surface area contributed by atoms with E-state index in [0.717, 1.165) is 5.56 Å². The third-order valence-electron chi connectivity index (χ3n) is 2.90. The second kappa shape index (κ2) is 7.88. The van der Waals surface area contributed by atoms with Gasteiger partial charge in [-0.15, -0.1) is 0 Å². The van der Waals surface area contributed by atoms with Crippen LogP contribution in [0.3, 0.4) is 0 Å². The van der Waals surface area contributed by atoms with Crippen molar-refractivity contribution >= 4 is 23.4 Å². The van der Waals surface area contributed by atoms with Crippen molar-refractivity contribution in [2.45, 2.75) is 13.3 Å². The van der Waals surface area contributed by atoms with Gasteiger partial charge < -0.3 is 16.0 Å². The Morgan fingerprint density at radius 2 is 2.00 bits per heavy atom. The molecule has 6 nitrogen and oxygen atoms in total. The highest BCUT2D eigenvalue weighted by atomic mass is 19.1. The number of benzene rings is 1. The average Bonchev–Trinajstić information content (AvgIpc) is 2.49. The number of aromatic nitrogens is 1. The lowest BCUT2D eigenvalue weighted by Gasteiger charge is -2.08. The van der Waals surface area contributed by atoms with E-state index in [-0.39, 0.29) is 18.9 Å². The number of urea groups is 1. The molecule has 3 N–H and O–H groups in total. The lowest BCUT2D eigenvalue weighted by Crippen LogP contribution is -2.31. The maximum atomic E-state index is 13.0. The first-order chi connectivity index (χ1) is 11.0. The first-order valence-electron chi connectivity index (χ1n) is 7.06. The summed E-state index contributed by atoms with van der Waals surface area (Å²) in [6.45, 7) is 2.05. The smallest absolute Gasteiger partial charge is 0.319 e. The number of carbonyl (C=O) groups excluding carboxylic acids is 2. The van der Waals surface area contributed by atoms with Gasteiger partial charge in [0.25, 0.3) is 0 Å². The molecule has 0 bridgehead atoms. The van der Waals surface area contributed by atoms with Crippen LogP contribution in [0, 0.1) is 12.7 Å². The topological polar surface area (TPSA) is 83.1 Å². The van der Waals surface area contributed by atoms with Crippen LogP contribution in [0.5, 0.6) is 0 Å². The van der Waals surface area contributed by atoms with Gasteiger partial charge in [0.2, 0.25) is 5.91 Å². The van der Waals surface area contributed by atoms with Crippen molar-refractivity contribution in [3.05, 3.63) is 54.0 Å². The predicted octanol–water partition coefficient (Wildman–Crippen LogP) is 2.68. The van der Waals surface area contributed by atoms with Crippen LogP contribution in [0.2, 0.25) is 0 Å². The van der Waals surface area contributed by atoms with Crippen LogP contribution in [0.1, 0.15) is 12.0 Å². The van der Waals surface area contributed by atoms with E-state index in [0.29, 0.717) is 11.5 Å². The molecule has 0 aliphatic carbocycles. The van der Waals surface area contributed by atoms with Crippen LogP contribution in [0.15, 0.2) is 42.6 Å². The van der Waals surface area contributed by atoms with Gasteiger partial charge in [-0.1, -0.05) is 12.1 Å². The predicted molar refractivity (Wildman–Crippen MR) is 85.6 cm³/mol. The third-order valence-corrected chi connectivity index (χ3v) is 2.90. The van der Waals surface area contributed by atoms with Crippen LogP contribution in [-0.2, 0) is 4.79 Å². The number of nitrogens with zero attached hydrogens (tertiary/aromatic N) is 1. The highest BCUT2D eigenvalue weighted by molar-refractivity contribution is 5.91. The SMILES string of the molecule is Cc1ccc(NC(=O)CCNC(=O)Nc2cccc(F)c2)nc1. The van der Waals surface area contributed by atoms with Crippen LogP contribution < -0.4 is 16.0 Å². The van der Waals surface area contributed by atoms with Crippen molar-refractivity contribution < 1.29 is 14.0 Å². The Bertz CT molecular complexity index is 689. The molecule has 2 aromatic rings. The molecular formula is C16H17FN4O2. The van der Waals surface area contributed by atoms with Gasteiger partial charge in [0.15, 0.2) is 0 Å². The van der Waals surface area contributed by atoms with Gasteiger partial charge in [0.1, 0.15) is 11.6 Å². The van der Waals surface area contributed by atoms with Crippen molar-refractivity contribution in [3.8, 4) is 0 Å². The minimum Gasteiger partial charge on any atom is -0.337 e. The normalized spacial score (nSPS) is 10.0. The van der Waals surface area contributed by atoms with E-state index < -0.39 is 11.8 Å². The van der Waals surface area contributed by atoms with Gasteiger partial charge in [0, 0.05) is 24.8 Å². The number of carbonyl (C=O) groups is 2. The maximum Gasteiger partial charge on any atom is 0.319 e. The summed E-state index contributed by atoms with van der Waals surface area (Å²) in [6.07, 6.45) is 1.76. The van der Waals surface area contributed by atoms with Gasteiger partial charge in [-0.3, -0.25) is 4.79 Å². The molecule has 1 aromatic carbocycles. The standard InChI is InChI=1S/C16H17FN4O2/c1-11-5-6-14(19-10-11)21-15(22)7-8-18-16(23)20-13-4-2-3-12(17)9-13/h2-6,9-10H,7-8H2,1H3,(H2,18,20,23)(H,19,21,22). The van der Waals surface area contributed by atoms with Crippen molar-refractivity contribution in [2.24, 2.45) is 0 Å². The molecule has 0 unspecified atom stereocenters. The van der Waals surface area contributed by atoms with Gasteiger partial charge in [0.05, 0.1) is 0 Å². The summed E-state index contributed by atoms with van der Waals surface area (Å²) in [5.74, 6) is -0.231. The summed E-state index contributed by atoms with van der Waals surface area (Å²) in [7, 11) is 0. The highest BCUT2D eigenvalue weighted by Gasteiger charge is 2.06. The molecule has 2 rings (SSSR count). The largest absolute Gasteiger partial charge is 0.337 e. The minimum atomic E-state index is -0.503. The van der Waals surface area contributed by atoms with E-state index in [4.69, 9.17) is 0 Å². The van der Waals surface area contributed by atoms with Crippen LogP contribution in [-0.4, -0.2) is 23.5 Å². The number of rotatable bonds is 5. The Morgan fingerprint density at radius 1 is 1.17 bits per heavy atom. The van der Waals surface area contributed by atoms with Crippen LogP contribution >= 0.6 is 0 Å². The summed E-state index contributed by atoms with van der Waals surface area (Å²) < 4.78 is 13.0. The summed E-state index contributed by atoms with van der Waals surface area (Å²) in [4.78, 5) is 27.4. The maximum absolute atomic E-state index is 13.0. The van der Waals surface area contributed by atoms with E-state index in [1.165, 1.54) is 18.2 Å². The fraction of sp³-hybridized carbons (Fsp3) is 0.188. The quantitative estimate of drug-likeness (QED) is 0.793. The number of halogens is 1. The molecule has 0 saturated carbocycles. The zero-order valence-electron chi connectivity index (χ0n) is 12.6. The Hall–Kier alpha value is -2.96. The highest BCUT2D eigenvalue weighted by Crippen LogP contribution is 2.08. The lowest BCUT2D eigenvalue weighted by molar-refractivity contribution is -0.116. The monoisotopic (exact) mass is 316 g/mol. The third kappa shape index (κ3) is 5.74.